The van der Waals surface area contributed by atoms with E-state index < -0.39 is 11.4 Å². The van der Waals surface area contributed by atoms with Crippen molar-refractivity contribution in [1.82, 2.24) is 4.90 Å². The van der Waals surface area contributed by atoms with Crippen LogP contribution in [0.25, 0.3) is 0 Å². The van der Waals surface area contributed by atoms with Gasteiger partial charge < -0.3 is 14.6 Å². The fraction of sp³-hybridized carbons (Fsp3) is 0.435. The van der Waals surface area contributed by atoms with Crippen LogP contribution in [0, 0.1) is 11.2 Å². The van der Waals surface area contributed by atoms with Crippen molar-refractivity contribution in [3.63, 3.8) is 0 Å². The van der Waals surface area contributed by atoms with Gasteiger partial charge in [0.15, 0.2) is 0 Å². The standard InChI is InChI=1S/C23H26FNO4/c1-3-15-5-4-6-20(24)19(15)12-28-18-8-7-16-9-17(11-29-21(16)10-18)25-13-23(2,14-25)22(26)27/h4-8,10,17H,3,9,11-14H2,1-2H3,(H,26,27). The molecule has 154 valence electrons. The van der Waals surface area contributed by atoms with Gasteiger partial charge in [-0.25, -0.2) is 4.39 Å². The van der Waals surface area contributed by atoms with E-state index in [4.69, 9.17) is 9.47 Å². The molecule has 0 spiro atoms. The van der Waals surface area contributed by atoms with E-state index in [2.05, 4.69) is 4.90 Å². The largest absolute Gasteiger partial charge is 0.492 e. The number of fused-ring (bicyclic) bond motifs is 1. The number of aliphatic carboxylic acids is 1. The van der Waals surface area contributed by atoms with Gasteiger partial charge in [0, 0.05) is 30.8 Å². The van der Waals surface area contributed by atoms with Crippen LogP contribution in [0.3, 0.4) is 0 Å². The van der Waals surface area contributed by atoms with Crippen molar-refractivity contribution in [2.45, 2.75) is 39.3 Å². The fourth-order valence-electron chi connectivity index (χ4n) is 4.16. The molecule has 1 N–H and O–H groups in total. The maximum Gasteiger partial charge on any atom is 0.311 e. The molecule has 0 saturated carbocycles. The molecule has 0 aromatic heterocycles. The average Bonchev–Trinajstić information content (AvgIpc) is 2.69. The molecule has 2 heterocycles. The summed E-state index contributed by atoms with van der Waals surface area (Å²) in [5, 5.41) is 9.28. The number of halogens is 1. The predicted octanol–water partition coefficient (Wildman–Crippen LogP) is 3.68. The molecule has 2 aliphatic heterocycles. The van der Waals surface area contributed by atoms with Crippen molar-refractivity contribution < 1.29 is 23.8 Å². The van der Waals surface area contributed by atoms with E-state index in [1.165, 1.54) is 6.07 Å². The number of benzene rings is 2. The molecule has 2 aromatic carbocycles. The van der Waals surface area contributed by atoms with Gasteiger partial charge in [0.2, 0.25) is 0 Å². The van der Waals surface area contributed by atoms with Crippen molar-refractivity contribution in [3.05, 3.63) is 58.9 Å². The van der Waals surface area contributed by atoms with E-state index in [9.17, 15) is 14.3 Å². The first kappa shape index (κ1) is 19.7. The van der Waals surface area contributed by atoms with Gasteiger partial charge in [-0.15, -0.1) is 0 Å². The van der Waals surface area contributed by atoms with Gasteiger partial charge in [-0.1, -0.05) is 25.1 Å². The molecule has 1 saturated heterocycles. The first-order valence-corrected chi connectivity index (χ1v) is 10.0. The smallest absolute Gasteiger partial charge is 0.311 e. The summed E-state index contributed by atoms with van der Waals surface area (Å²) >= 11 is 0. The average molecular weight is 399 g/mol. The summed E-state index contributed by atoms with van der Waals surface area (Å²) in [6.45, 7) is 5.59. The van der Waals surface area contributed by atoms with Crippen LogP contribution in [0.5, 0.6) is 11.5 Å². The number of aryl methyl sites for hydroxylation is 1. The van der Waals surface area contributed by atoms with Gasteiger partial charge in [-0.3, -0.25) is 9.69 Å². The monoisotopic (exact) mass is 399 g/mol. The number of rotatable bonds is 6. The van der Waals surface area contributed by atoms with Crippen LogP contribution in [0.4, 0.5) is 4.39 Å². The van der Waals surface area contributed by atoms with E-state index in [1.807, 2.05) is 31.2 Å². The van der Waals surface area contributed by atoms with Gasteiger partial charge in [0.05, 0.1) is 5.41 Å². The molecule has 1 fully saturated rings. The quantitative estimate of drug-likeness (QED) is 0.803. The van der Waals surface area contributed by atoms with E-state index in [1.54, 1.807) is 13.0 Å². The zero-order chi connectivity index (χ0) is 20.6. The minimum absolute atomic E-state index is 0.179. The maximum atomic E-state index is 14.1. The molecule has 2 aliphatic rings. The van der Waals surface area contributed by atoms with Crippen molar-refractivity contribution in [2.75, 3.05) is 19.7 Å². The molecule has 0 amide bonds. The van der Waals surface area contributed by atoms with E-state index in [-0.39, 0.29) is 18.5 Å². The zero-order valence-corrected chi connectivity index (χ0v) is 16.8. The van der Waals surface area contributed by atoms with Gasteiger partial charge in [-0.2, -0.15) is 0 Å². The summed E-state index contributed by atoms with van der Waals surface area (Å²) in [4.78, 5) is 13.5. The van der Waals surface area contributed by atoms with Crippen LogP contribution >= 0.6 is 0 Å². The minimum Gasteiger partial charge on any atom is -0.492 e. The van der Waals surface area contributed by atoms with Crippen molar-refractivity contribution >= 4 is 5.97 Å². The first-order chi connectivity index (χ1) is 13.9. The lowest BCUT2D eigenvalue weighted by Crippen LogP contribution is -2.63. The summed E-state index contributed by atoms with van der Waals surface area (Å²) in [6.07, 6.45) is 1.57. The second kappa shape index (κ2) is 7.67. The lowest BCUT2D eigenvalue weighted by atomic mass is 9.80. The predicted molar refractivity (Wildman–Crippen MR) is 107 cm³/mol. The van der Waals surface area contributed by atoms with Crippen LogP contribution in [0.15, 0.2) is 36.4 Å². The summed E-state index contributed by atoms with van der Waals surface area (Å²) in [7, 11) is 0. The molecule has 6 heteroatoms. The molecule has 4 rings (SSSR count). The molecule has 1 unspecified atom stereocenters. The number of hydrogen-bond donors (Lipinski definition) is 1. The molecule has 0 radical (unpaired) electrons. The Morgan fingerprint density at radius 1 is 1.34 bits per heavy atom. The summed E-state index contributed by atoms with van der Waals surface area (Å²) in [6, 6.07) is 11.0. The molecule has 29 heavy (non-hydrogen) atoms. The van der Waals surface area contributed by atoms with Gasteiger partial charge >= 0.3 is 5.97 Å². The summed E-state index contributed by atoms with van der Waals surface area (Å²) in [5.74, 6) is 0.442. The molecular weight excluding hydrogens is 373 g/mol. The number of ether oxygens (including phenoxy) is 2. The minimum atomic E-state index is -0.742. The lowest BCUT2D eigenvalue weighted by Gasteiger charge is -2.49. The van der Waals surface area contributed by atoms with Crippen LogP contribution < -0.4 is 9.47 Å². The third-order valence-electron chi connectivity index (χ3n) is 6.04. The van der Waals surface area contributed by atoms with Crippen LogP contribution in [0.1, 0.15) is 30.5 Å². The van der Waals surface area contributed by atoms with E-state index in [0.717, 1.165) is 29.7 Å². The Hall–Kier alpha value is -2.60. The molecule has 5 nitrogen and oxygen atoms in total. The fourth-order valence-corrected chi connectivity index (χ4v) is 4.16. The Bertz CT molecular complexity index is 923. The lowest BCUT2D eigenvalue weighted by molar-refractivity contribution is -0.161. The number of likely N-dealkylation sites (tertiary alicyclic amines) is 1. The molecule has 0 bridgehead atoms. The van der Waals surface area contributed by atoms with Crippen LogP contribution in [-0.4, -0.2) is 41.7 Å². The molecular formula is C23H26FNO4. The highest BCUT2D eigenvalue weighted by Gasteiger charge is 2.48. The summed E-state index contributed by atoms with van der Waals surface area (Å²) < 4.78 is 25.9. The SMILES string of the molecule is CCc1cccc(F)c1COc1ccc2c(c1)OCC(N1CC(C)(C(=O)O)C1)C2. The summed E-state index contributed by atoms with van der Waals surface area (Å²) in [5.41, 5.74) is 1.97. The number of hydrogen-bond acceptors (Lipinski definition) is 4. The van der Waals surface area contributed by atoms with E-state index in [0.29, 0.717) is 31.0 Å². The van der Waals surface area contributed by atoms with Crippen LogP contribution in [0.2, 0.25) is 0 Å². The van der Waals surface area contributed by atoms with Gasteiger partial charge in [-0.05, 0) is 43.0 Å². The third kappa shape index (κ3) is 3.81. The highest BCUT2D eigenvalue weighted by molar-refractivity contribution is 5.76. The van der Waals surface area contributed by atoms with Crippen molar-refractivity contribution in [3.8, 4) is 11.5 Å². The maximum absolute atomic E-state index is 14.1. The molecule has 1 atom stereocenters. The second-order valence-corrected chi connectivity index (χ2v) is 8.23. The highest BCUT2D eigenvalue weighted by Crippen LogP contribution is 2.36. The number of carboxylic acids is 1. The normalized spacial score (nSPS) is 20.3. The van der Waals surface area contributed by atoms with Gasteiger partial charge in [0.25, 0.3) is 0 Å². The Balaban J connectivity index is 1.39. The topological polar surface area (TPSA) is 59.0 Å². The second-order valence-electron chi connectivity index (χ2n) is 8.23. The molecule has 2 aromatic rings. The zero-order valence-electron chi connectivity index (χ0n) is 16.8. The first-order valence-electron chi connectivity index (χ1n) is 10.0. The van der Waals surface area contributed by atoms with E-state index >= 15 is 0 Å². The Morgan fingerprint density at radius 3 is 2.86 bits per heavy atom. The number of carboxylic acid groups (broad SMARTS) is 1. The van der Waals surface area contributed by atoms with Crippen molar-refractivity contribution in [1.29, 1.82) is 0 Å². The third-order valence-corrected chi connectivity index (χ3v) is 6.04. The van der Waals surface area contributed by atoms with Crippen molar-refractivity contribution in [2.24, 2.45) is 5.41 Å². The Morgan fingerprint density at radius 2 is 2.14 bits per heavy atom. The number of nitrogens with zero attached hydrogens (tertiary/aromatic N) is 1. The highest BCUT2D eigenvalue weighted by atomic mass is 19.1. The molecule has 0 aliphatic carbocycles. The Kier molecular flexibility index (Phi) is 5.21. The van der Waals surface area contributed by atoms with Gasteiger partial charge in [0.1, 0.15) is 30.5 Å². The Labute approximate surface area is 170 Å². The van der Waals surface area contributed by atoms with Crippen LogP contribution in [-0.2, 0) is 24.2 Å². The number of carbonyl (C=O) groups is 1.